The van der Waals surface area contributed by atoms with Gasteiger partial charge in [-0.2, -0.15) is 0 Å². The maximum absolute atomic E-state index is 12.1. The van der Waals surface area contributed by atoms with E-state index in [0.29, 0.717) is 13.2 Å². The number of nitrogens with zero attached hydrogens (tertiary/aromatic N) is 2. The van der Waals surface area contributed by atoms with Crippen molar-refractivity contribution in [3.63, 3.8) is 0 Å². The fraction of sp³-hybridized carbons (Fsp3) is 0.440. The zero-order chi connectivity index (χ0) is 22.3. The molecule has 1 aromatic heterocycles. The van der Waals surface area contributed by atoms with Crippen LogP contribution in [-0.2, 0) is 17.8 Å². The molecule has 0 saturated heterocycles. The van der Waals surface area contributed by atoms with Crippen LogP contribution in [0.5, 0.6) is 11.5 Å². The summed E-state index contributed by atoms with van der Waals surface area (Å²) < 4.78 is 13.3. The number of amides is 1. The molecule has 0 aliphatic carbocycles. The highest BCUT2D eigenvalue weighted by atomic mass is 16.5. The number of benzene rings is 2. The van der Waals surface area contributed by atoms with E-state index in [0.717, 1.165) is 54.2 Å². The van der Waals surface area contributed by atoms with Crippen LogP contribution in [-0.4, -0.2) is 35.7 Å². The first kappa shape index (κ1) is 22.7. The van der Waals surface area contributed by atoms with E-state index in [1.165, 1.54) is 0 Å². The number of aryl methyl sites for hydroxylation is 2. The number of rotatable bonds is 10. The van der Waals surface area contributed by atoms with Gasteiger partial charge in [-0.3, -0.25) is 4.79 Å². The summed E-state index contributed by atoms with van der Waals surface area (Å²) in [6, 6.07) is 15.8. The number of hydrogen-bond donors (Lipinski definition) is 1. The van der Waals surface area contributed by atoms with Gasteiger partial charge >= 0.3 is 0 Å². The van der Waals surface area contributed by atoms with Crippen molar-refractivity contribution in [1.29, 1.82) is 0 Å². The molecule has 3 rings (SSSR count). The van der Waals surface area contributed by atoms with E-state index < -0.39 is 0 Å². The quantitative estimate of drug-likeness (QED) is 0.484. The summed E-state index contributed by atoms with van der Waals surface area (Å²) >= 11 is 0. The standard InChI is InChI=1S/C25H33N3O3/c1-25(2,3)24(29)26-16-7-11-23-27-21-9-5-6-10-22(21)28(23)17-8-18-31-20-14-12-19(30-4)13-15-20/h5-6,9-10,12-15H,7-8,11,16-18H2,1-4H3,(H,26,29). The lowest BCUT2D eigenvalue weighted by Gasteiger charge is -2.17. The van der Waals surface area contributed by atoms with E-state index in [-0.39, 0.29) is 11.3 Å². The van der Waals surface area contributed by atoms with Gasteiger partial charge in [0.25, 0.3) is 0 Å². The van der Waals surface area contributed by atoms with Gasteiger partial charge < -0.3 is 19.4 Å². The van der Waals surface area contributed by atoms with Crippen LogP contribution in [0, 0.1) is 5.41 Å². The number of carbonyl (C=O) groups excluding carboxylic acids is 1. The third-order valence-electron chi connectivity index (χ3n) is 5.13. The van der Waals surface area contributed by atoms with Crippen molar-refractivity contribution in [3.05, 3.63) is 54.4 Å². The lowest BCUT2D eigenvalue weighted by molar-refractivity contribution is -0.128. The van der Waals surface area contributed by atoms with E-state index in [9.17, 15) is 4.79 Å². The van der Waals surface area contributed by atoms with Crippen LogP contribution >= 0.6 is 0 Å². The van der Waals surface area contributed by atoms with Crippen LogP contribution in [0.4, 0.5) is 0 Å². The number of imidazole rings is 1. The molecule has 1 amide bonds. The smallest absolute Gasteiger partial charge is 0.225 e. The predicted octanol–water partition coefficient (Wildman–Crippen LogP) is 4.61. The molecule has 0 aliphatic rings. The summed E-state index contributed by atoms with van der Waals surface area (Å²) in [5, 5.41) is 3.02. The van der Waals surface area contributed by atoms with Gasteiger partial charge in [-0.1, -0.05) is 32.9 Å². The monoisotopic (exact) mass is 423 g/mol. The molecule has 6 nitrogen and oxygen atoms in total. The van der Waals surface area contributed by atoms with Crippen molar-refractivity contribution < 1.29 is 14.3 Å². The van der Waals surface area contributed by atoms with Gasteiger partial charge in [0.1, 0.15) is 17.3 Å². The molecule has 0 fully saturated rings. The summed E-state index contributed by atoms with van der Waals surface area (Å²) in [6.45, 7) is 7.89. The molecule has 0 radical (unpaired) electrons. The van der Waals surface area contributed by atoms with Crippen molar-refractivity contribution >= 4 is 16.9 Å². The Hall–Kier alpha value is -3.02. The van der Waals surface area contributed by atoms with E-state index in [4.69, 9.17) is 14.5 Å². The first-order valence-electron chi connectivity index (χ1n) is 10.9. The number of hydrogen-bond acceptors (Lipinski definition) is 4. The van der Waals surface area contributed by atoms with E-state index in [1.807, 2.05) is 63.2 Å². The average molecular weight is 424 g/mol. The third kappa shape index (κ3) is 6.23. The molecular weight excluding hydrogens is 390 g/mol. The second-order valence-electron chi connectivity index (χ2n) is 8.66. The van der Waals surface area contributed by atoms with Gasteiger partial charge in [-0.15, -0.1) is 0 Å². The molecule has 31 heavy (non-hydrogen) atoms. The SMILES string of the molecule is COc1ccc(OCCCn2c(CCCNC(=O)C(C)(C)C)nc3ccccc32)cc1. The molecule has 0 atom stereocenters. The van der Waals surface area contributed by atoms with Gasteiger partial charge in [0.15, 0.2) is 0 Å². The Morgan fingerprint density at radius 3 is 2.45 bits per heavy atom. The van der Waals surface area contributed by atoms with Gasteiger partial charge in [-0.25, -0.2) is 4.98 Å². The van der Waals surface area contributed by atoms with Gasteiger partial charge in [0.05, 0.1) is 24.8 Å². The minimum Gasteiger partial charge on any atom is -0.497 e. The zero-order valence-corrected chi connectivity index (χ0v) is 19.0. The third-order valence-corrected chi connectivity index (χ3v) is 5.13. The number of aromatic nitrogens is 2. The van der Waals surface area contributed by atoms with Crippen LogP contribution in [0.2, 0.25) is 0 Å². The van der Waals surface area contributed by atoms with Crippen LogP contribution in [0.25, 0.3) is 11.0 Å². The number of nitrogens with one attached hydrogen (secondary N) is 1. The highest BCUT2D eigenvalue weighted by Gasteiger charge is 2.20. The molecule has 1 heterocycles. The van der Waals surface area contributed by atoms with Crippen LogP contribution in [0.1, 0.15) is 39.4 Å². The second-order valence-corrected chi connectivity index (χ2v) is 8.66. The average Bonchev–Trinajstić information content (AvgIpc) is 3.11. The number of para-hydroxylation sites is 2. The normalized spacial score (nSPS) is 11.5. The topological polar surface area (TPSA) is 65.4 Å². The van der Waals surface area contributed by atoms with E-state index in [1.54, 1.807) is 7.11 Å². The van der Waals surface area contributed by atoms with Gasteiger partial charge in [0.2, 0.25) is 5.91 Å². The van der Waals surface area contributed by atoms with Gasteiger partial charge in [-0.05, 0) is 49.2 Å². The number of carbonyl (C=O) groups is 1. The summed E-state index contributed by atoms with van der Waals surface area (Å²) in [7, 11) is 1.65. The predicted molar refractivity (Wildman–Crippen MR) is 124 cm³/mol. The highest BCUT2D eigenvalue weighted by molar-refractivity contribution is 5.81. The molecule has 0 saturated carbocycles. The summed E-state index contributed by atoms with van der Waals surface area (Å²) in [6.07, 6.45) is 2.55. The Morgan fingerprint density at radius 1 is 1.03 bits per heavy atom. The number of fused-ring (bicyclic) bond motifs is 1. The van der Waals surface area contributed by atoms with Crippen LogP contribution in [0.3, 0.4) is 0 Å². The first-order valence-corrected chi connectivity index (χ1v) is 10.9. The number of methoxy groups -OCH3 is 1. The van der Waals surface area contributed by atoms with Crippen LogP contribution < -0.4 is 14.8 Å². The fourth-order valence-electron chi connectivity index (χ4n) is 3.36. The lowest BCUT2D eigenvalue weighted by atomic mass is 9.96. The highest BCUT2D eigenvalue weighted by Crippen LogP contribution is 2.19. The summed E-state index contributed by atoms with van der Waals surface area (Å²) in [5.41, 5.74) is 1.78. The second kappa shape index (κ2) is 10.3. The number of ether oxygens (including phenoxy) is 2. The van der Waals surface area contributed by atoms with Crippen molar-refractivity contribution in [2.24, 2.45) is 5.41 Å². The molecule has 6 heteroatoms. The van der Waals surface area contributed by atoms with Crippen LogP contribution in [0.15, 0.2) is 48.5 Å². The van der Waals surface area contributed by atoms with Crippen molar-refractivity contribution in [3.8, 4) is 11.5 Å². The summed E-state index contributed by atoms with van der Waals surface area (Å²) in [5.74, 6) is 2.79. The Bertz CT molecular complexity index is 987. The lowest BCUT2D eigenvalue weighted by Crippen LogP contribution is -2.35. The Kier molecular flexibility index (Phi) is 7.55. The molecule has 0 spiro atoms. The maximum Gasteiger partial charge on any atom is 0.225 e. The summed E-state index contributed by atoms with van der Waals surface area (Å²) in [4.78, 5) is 16.9. The van der Waals surface area contributed by atoms with Crippen molar-refractivity contribution in [2.45, 2.75) is 46.6 Å². The Labute approximate surface area is 184 Å². The van der Waals surface area contributed by atoms with Gasteiger partial charge in [0, 0.05) is 24.9 Å². The fourth-order valence-corrected chi connectivity index (χ4v) is 3.36. The molecule has 166 valence electrons. The maximum atomic E-state index is 12.1. The first-order chi connectivity index (χ1) is 14.9. The largest absolute Gasteiger partial charge is 0.497 e. The molecule has 0 bridgehead atoms. The molecular formula is C25H33N3O3. The molecule has 1 N–H and O–H groups in total. The Morgan fingerprint density at radius 2 is 1.74 bits per heavy atom. The van der Waals surface area contributed by atoms with E-state index >= 15 is 0 Å². The molecule has 3 aromatic rings. The molecule has 0 aliphatic heterocycles. The minimum atomic E-state index is -0.364. The minimum absolute atomic E-state index is 0.0803. The van der Waals surface area contributed by atoms with E-state index in [2.05, 4.69) is 16.0 Å². The Balaban J connectivity index is 1.56. The van der Waals surface area contributed by atoms with Crippen molar-refractivity contribution in [1.82, 2.24) is 14.9 Å². The zero-order valence-electron chi connectivity index (χ0n) is 19.0. The molecule has 0 unspecified atom stereocenters. The van der Waals surface area contributed by atoms with Crippen molar-refractivity contribution in [2.75, 3.05) is 20.3 Å². The molecule has 2 aromatic carbocycles.